The quantitative estimate of drug-likeness (QED) is 0.239. The van der Waals surface area contributed by atoms with Crippen LogP contribution in [0.3, 0.4) is 0 Å². The van der Waals surface area contributed by atoms with Gasteiger partial charge in [0.1, 0.15) is 6.61 Å². The Morgan fingerprint density at radius 1 is 0.692 bits per heavy atom. The van der Waals surface area contributed by atoms with E-state index in [-0.39, 0.29) is 5.92 Å². The lowest BCUT2D eigenvalue weighted by molar-refractivity contribution is -0.0117. The van der Waals surface area contributed by atoms with Crippen molar-refractivity contribution < 1.29 is 33.2 Å². The van der Waals surface area contributed by atoms with Gasteiger partial charge in [-0.15, -0.1) is 0 Å². The van der Waals surface area contributed by atoms with Gasteiger partial charge < -0.3 is 38.6 Å². The summed E-state index contributed by atoms with van der Waals surface area (Å²) >= 11 is 0. The van der Waals surface area contributed by atoms with Crippen molar-refractivity contribution in [3.63, 3.8) is 0 Å². The lowest BCUT2D eigenvalue weighted by Crippen LogP contribution is -2.27. The average Bonchev–Trinajstić information content (AvgIpc) is 3.26. The van der Waals surface area contributed by atoms with Crippen LogP contribution in [0.15, 0.2) is 48.5 Å². The second-order valence-corrected chi connectivity index (χ2v) is 9.47. The summed E-state index contributed by atoms with van der Waals surface area (Å²) in [5.41, 5.74) is 4.84. The molecule has 39 heavy (non-hydrogen) atoms. The van der Waals surface area contributed by atoms with Crippen LogP contribution in [0, 0.1) is 0 Å². The van der Waals surface area contributed by atoms with Gasteiger partial charge in [-0.1, -0.05) is 48.5 Å². The molecule has 0 aliphatic heterocycles. The molecule has 1 aliphatic carbocycles. The number of benzene rings is 2. The van der Waals surface area contributed by atoms with Crippen molar-refractivity contribution in [2.45, 2.75) is 12.3 Å². The van der Waals surface area contributed by atoms with Crippen LogP contribution in [0.5, 0.6) is 0 Å². The molecule has 2 aromatic rings. The SMILES string of the molecule is CN(C)CCOCCOCCOCCOCCOCCCNC(=O)OCC1c2ccccc2-c2ccccc21. The highest BCUT2D eigenvalue weighted by Crippen LogP contribution is 2.44. The molecule has 0 saturated heterocycles. The minimum absolute atomic E-state index is 0.0633. The monoisotopic (exact) mass is 544 g/mol. The minimum atomic E-state index is -0.404. The third-order valence-corrected chi connectivity index (χ3v) is 6.25. The molecule has 0 spiro atoms. The number of amides is 1. The fourth-order valence-electron chi connectivity index (χ4n) is 4.24. The molecule has 0 bridgehead atoms. The molecule has 216 valence electrons. The van der Waals surface area contributed by atoms with E-state index < -0.39 is 6.09 Å². The van der Waals surface area contributed by atoms with Crippen LogP contribution < -0.4 is 5.32 Å². The average molecular weight is 545 g/mol. The number of rotatable bonds is 21. The van der Waals surface area contributed by atoms with Crippen molar-refractivity contribution in [2.24, 2.45) is 0 Å². The number of hydrogen-bond acceptors (Lipinski definition) is 8. The molecule has 2 aromatic carbocycles. The number of hydrogen-bond donors (Lipinski definition) is 1. The van der Waals surface area contributed by atoms with Gasteiger partial charge in [0.25, 0.3) is 0 Å². The molecular formula is C30H44N2O7. The first-order chi connectivity index (χ1) is 19.2. The predicted molar refractivity (Wildman–Crippen MR) is 150 cm³/mol. The number of ether oxygens (including phenoxy) is 6. The topological polar surface area (TPSA) is 87.7 Å². The fourth-order valence-corrected chi connectivity index (χ4v) is 4.24. The first-order valence-corrected chi connectivity index (χ1v) is 13.8. The zero-order valence-corrected chi connectivity index (χ0v) is 23.4. The first-order valence-electron chi connectivity index (χ1n) is 13.8. The van der Waals surface area contributed by atoms with Crippen LogP contribution in [0.2, 0.25) is 0 Å². The van der Waals surface area contributed by atoms with Gasteiger partial charge in [0.2, 0.25) is 0 Å². The Morgan fingerprint density at radius 2 is 1.15 bits per heavy atom. The smallest absolute Gasteiger partial charge is 0.407 e. The van der Waals surface area contributed by atoms with Crippen molar-refractivity contribution in [3.05, 3.63) is 59.7 Å². The van der Waals surface area contributed by atoms with E-state index >= 15 is 0 Å². The van der Waals surface area contributed by atoms with E-state index in [1.54, 1.807) is 0 Å². The Bertz CT molecular complexity index is 911. The lowest BCUT2D eigenvalue weighted by atomic mass is 9.98. The van der Waals surface area contributed by atoms with E-state index in [4.69, 9.17) is 28.4 Å². The van der Waals surface area contributed by atoms with Gasteiger partial charge in [-0.25, -0.2) is 4.79 Å². The van der Waals surface area contributed by atoms with Gasteiger partial charge in [-0.05, 0) is 42.8 Å². The molecule has 9 heteroatoms. The third-order valence-electron chi connectivity index (χ3n) is 6.25. The van der Waals surface area contributed by atoms with Crippen molar-refractivity contribution in [2.75, 3.05) is 99.9 Å². The Kier molecular flexibility index (Phi) is 14.9. The standard InChI is InChI=1S/C30H44N2O7/c1-32(2)13-15-35-17-19-37-21-23-38-22-20-36-18-16-34-14-7-12-31-30(33)39-24-29-27-10-5-3-8-25(27)26-9-4-6-11-28(26)29/h3-6,8-11,29H,7,12-24H2,1-2H3,(H,31,33). The zero-order chi connectivity index (χ0) is 27.5. The zero-order valence-electron chi connectivity index (χ0n) is 23.4. The summed E-state index contributed by atoms with van der Waals surface area (Å²) in [5, 5.41) is 2.80. The van der Waals surface area contributed by atoms with Gasteiger partial charge in [0.05, 0.1) is 59.5 Å². The Hall–Kier alpha value is -2.53. The van der Waals surface area contributed by atoms with E-state index in [1.165, 1.54) is 22.3 Å². The van der Waals surface area contributed by atoms with Gasteiger partial charge in [0.15, 0.2) is 0 Å². The highest BCUT2D eigenvalue weighted by atomic mass is 16.6. The number of nitrogens with one attached hydrogen (secondary N) is 1. The maximum absolute atomic E-state index is 12.2. The number of carbonyl (C=O) groups excluding carboxylic acids is 1. The molecule has 0 saturated carbocycles. The summed E-state index contributed by atoms with van der Waals surface area (Å²) in [7, 11) is 4.04. The fraction of sp³-hybridized carbons (Fsp3) is 0.567. The lowest BCUT2D eigenvalue weighted by Gasteiger charge is -2.14. The Morgan fingerprint density at radius 3 is 1.67 bits per heavy atom. The summed E-state index contributed by atoms with van der Waals surface area (Å²) < 4.78 is 33.0. The number of fused-ring (bicyclic) bond motifs is 3. The van der Waals surface area contributed by atoms with Crippen LogP contribution >= 0.6 is 0 Å². The van der Waals surface area contributed by atoms with Gasteiger partial charge in [0, 0.05) is 25.6 Å². The molecule has 0 unspecified atom stereocenters. The van der Waals surface area contributed by atoms with Crippen LogP contribution in [0.1, 0.15) is 23.5 Å². The first kappa shape index (κ1) is 31.0. The second-order valence-electron chi connectivity index (χ2n) is 9.47. The van der Waals surface area contributed by atoms with Crippen LogP contribution in [0.4, 0.5) is 4.79 Å². The van der Waals surface area contributed by atoms with Crippen LogP contribution in [0.25, 0.3) is 11.1 Å². The van der Waals surface area contributed by atoms with Gasteiger partial charge >= 0.3 is 6.09 Å². The molecule has 0 fully saturated rings. The molecule has 0 radical (unpaired) electrons. The van der Waals surface area contributed by atoms with E-state index in [2.05, 4.69) is 34.5 Å². The second kappa shape index (κ2) is 18.7. The van der Waals surface area contributed by atoms with Crippen molar-refractivity contribution >= 4 is 6.09 Å². The highest BCUT2D eigenvalue weighted by Gasteiger charge is 2.28. The summed E-state index contributed by atoms with van der Waals surface area (Å²) in [6.45, 7) is 7.28. The molecule has 1 aliphatic rings. The maximum atomic E-state index is 12.2. The van der Waals surface area contributed by atoms with Crippen LogP contribution in [-0.4, -0.2) is 111 Å². The predicted octanol–water partition coefficient (Wildman–Crippen LogP) is 3.56. The molecule has 0 aromatic heterocycles. The molecular weight excluding hydrogens is 500 g/mol. The van der Waals surface area contributed by atoms with Crippen LogP contribution in [-0.2, 0) is 28.4 Å². The summed E-state index contributed by atoms with van der Waals surface area (Å²) in [4.78, 5) is 14.3. The molecule has 1 amide bonds. The molecule has 9 nitrogen and oxygen atoms in total. The maximum Gasteiger partial charge on any atom is 0.407 e. The van der Waals surface area contributed by atoms with Crippen molar-refractivity contribution in [1.29, 1.82) is 0 Å². The van der Waals surface area contributed by atoms with Crippen molar-refractivity contribution in [3.8, 4) is 11.1 Å². The summed E-state index contributed by atoms with van der Waals surface area (Å²) in [5.74, 6) is 0.0633. The normalized spacial score (nSPS) is 12.5. The van der Waals surface area contributed by atoms with E-state index in [1.807, 2.05) is 38.4 Å². The molecule has 1 N–H and O–H groups in total. The number of alkyl carbamates (subject to hydrolysis) is 1. The minimum Gasteiger partial charge on any atom is -0.449 e. The highest BCUT2D eigenvalue weighted by molar-refractivity contribution is 5.79. The Labute approximate surface area is 232 Å². The number of nitrogens with zero attached hydrogens (tertiary/aromatic N) is 1. The van der Waals surface area contributed by atoms with Gasteiger partial charge in [-0.3, -0.25) is 0 Å². The van der Waals surface area contributed by atoms with E-state index in [9.17, 15) is 4.79 Å². The van der Waals surface area contributed by atoms with E-state index in [0.717, 1.165) is 6.54 Å². The van der Waals surface area contributed by atoms with E-state index in [0.29, 0.717) is 85.6 Å². The summed E-state index contributed by atoms with van der Waals surface area (Å²) in [6.07, 6.45) is 0.299. The third kappa shape index (κ3) is 11.6. The largest absolute Gasteiger partial charge is 0.449 e. The summed E-state index contributed by atoms with van der Waals surface area (Å²) in [6, 6.07) is 16.6. The molecule has 3 rings (SSSR count). The number of carbonyl (C=O) groups is 1. The van der Waals surface area contributed by atoms with Gasteiger partial charge in [-0.2, -0.15) is 0 Å². The van der Waals surface area contributed by atoms with Crippen molar-refractivity contribution in [1.82, 2.24) is 10.2 Å². The molecule has 0 heterocycles. The molecule has 0 atom stereocenters. The number of likely N-dealkylation sites (N-methyl/N-ethyl adjacent to an activating group) is 1. The Balaban J connectivity index is 1.09.